The molecule has 0 aliphatic heterocycles. The van der Waals surface area contributed by atoms with Crippen LogP contribution >= 0.6 is 11.8 Å². The van der Waals surface area contributed by atoms with Gasteiger partial charge >= 0.3 is 5.69 Å². The molecule has 0 aliphatic rings. The van der Waals surface area contributed by atoms with Crippen LogP contribution in [0.5, 0.6) is 0 Å². The van der Waals surface area contributed by atoms with Crippen molar-refractivity contribution in [2.75, 3.05) is 5.75 Å². The molecular weight excluding hydrogens is 396 g/mol. The molecule has 0 amide bonds. The lowest BCUT2D eigenvalue weighted by atomic mass is 10.1. The predicted octanol–water partition coefficient (Wildman–Crippen LogP) is 3.50. The van der Waals surface area contributed by atoms with Crippen LogP contribution in [0, 0.1) is 6.92 Å². The molecule has 0 bridgehead atoms. The van der Waals surface area contributed by atoms with Crippen molar-refractivity contribution in [1.29, 1.82) is 0 Å². The molecule has 6 nitrogen and oxygen atoms in total. The molecule has 1 N–H and O–H groups in total. The van der Waals surface area contributed by atoms with Crippen LogP contribution in [0.25, 0.3) is 11.2 Å². The molecule has 7 heteroatoms. The van der Waals surface area contributed by atoms with Crippen LogP contribution in [-0.4, -0.2) is 24.9 Å². The first-order valence-corrected chi connectivity index (χ1v) is 10.9. The number of fused-ring (bicyclic) bond motifs is 1. The van der Waals surface area contributed by atoms with Gasteiger partial charge in [0.2, 0.25) is 0 Å². The highest BCUT2D eigenvalue weighted by molar-refractivity contribution is 7.99. The van der Waals surface area contributed by atoms with Crippen LogP contribution in [0.1, 0.15) is 23.1 Å². The molecule has 0 radical (unpaired) electrons. The van der Waals surface area contributed by atoms with E-state index in [1.165, 1.54) is 10.1 Å². The second kappa shape index (κ2) is 8.75. The van der Waals surface area contributed by atoms with Gasteiger partial charge in [0.1, 0.15) is 0 Å². The lowest BCUT2D eigenvalue weighted by Crippen LogP contribution is -2.29. The van der Waals surface area contributed by atoms with E-state index in [0.717, 1.165) is 34.9 Å². The molecule has 0 unspecified atom stereocenters. The highest BCUT2D eigenvalue weighted by Gasteiger charge is 2.18. The largest absolute Gasteiger partial charge is 0.329 e. The number of nitrogens with one attached hydrogen (secondary N) is 1. The fourth-order valence-corrected chi connectivity index (χ4v) is 4.48. The molecule has 154 valence electrons. The Labute approximate surface area is 178 Å². The van der Waals surface area contributed by atoms with Gasteiger partial charge in [0.05, 0.1) is 6.54 Å². The number of H-pyrrole nitrogens is 1. The summed E-state index contributed by atoms with van der Waals surface area (Å²) in [4.78, 5) is 31.7. The summed E-state index contributed by atoms with van der Waals surface area (Å²) in [6.45, 7) is 2.58. The molecule has 0 fully saturated rings. The van der Waals surface area contributed by atoms with Gasteiger partial charge in [0, 0.05) is 12.8 Å². The van der Waals surface area contributed by atoms with E-state index in [-0.39, 0.29) is 0 Å². The Morgan fingerprint density at radius 2 is 1.80 bits per heavy atom. The van der Waals surface area contributed by atoms with Crippen molar-refractivity contribution in [2.24, 2.45) is 7.05 Å². The Morgan fingerprint density at radius 1 is 1.03 bits per heavy atom. The fraction of sp³-hybridized carbons (Fsp3) is 0.261. The number of benzene rings is 2. The van der Waals surface area contributed by atoms with Crippen molar-refractivity contribution in [3.8, 4) is 0 Å². The molecule has 0 saturated heterocycles. The Balaban J connectivity index is 1.65. The average Bonchev–Trinajstić information content (AvgIpc) is 3.09. The van der Waals surface area contributed by atoms with Crippen molar-refractivity contribution in [3.05, 3.63) is 92.1 Å². The maximum atomic E-state index is 12.6. The van der Waals surface area contributed by atoms with E-state index in [0.29, 0.717) is 17.7 Å². The summed E-state index contributed by atoms with van der Waals surface area (Å²) in [5.41, 5.74) is 3.57. The second-order valence-corrected chi connectivity index (χ2v) is 8.46. The molecule has 2 aromatic carbocycles. The third kappa shape index (κ3) is 4.26. The topological polar surface area (TPSA) is 72.7 Å². The third-order valence-corrected chi connectivity index (χ3v) is 6.14. The van der Waals surface area contributed by atoms with Gasteiger partial charge in [-0.05, 0) is 30.9 Å². The Hall–Kier alpha value is -3.06. The molecule has 2 aromatic heterocycles. The van der Waals surface area contributed by atoms with Crippen molar-refractivity contribution < 1.29 is 0 Å². The van der Waals surface area contributed by atoms with Crippen LogP contribution in [0.3, 0.4) is 0 Å². The van der Waals surface area contributed by atoms with E-state index in [4.69, 9.17) is 0 Å². The summed E-state index contributed by atoms with van der Waals surface area (Å²) in [5, 5.41) is 0.756. The summed E-state index contributed by atoms with van der Waals surface area (Å²) < 4.78 is 3.33. The van der Waals surface area contributed by atoms with E-state index in [1.54, 1.807) is 18.8 Å². The molecule has 0 saturated carbocycles. The number of rotatable bonds is 7. The minimum absolute atomic E-state index is 0.399. The number of hydrogen-bond donors (Lipinski definition) is 1. The van der Waals surface area contributed by atoms with Crippen LogP contribution < -0.4 is 11.2 Å². The summed E-state index contributed by atoms with van der Waals surface area (Å²) in [5.74, 6) is 0.873. The molecular formula is C23H24N4O2S. The zero-order valence-electron chi connectivity index (χ0n) is 17.1. The Kier molecular flexibility index (Phi) is 5.90. The van der Waals surface area contributed by atoms with Gasteiger partial charge in [-0.15, -0.1) is 0 Å². The summed E-state index contributed by atoms with van der Waals surface area (Å²) in [6.07, 6.45) is 1.99. The maximum Gasteiger partial charge on any atom is 0.329 e. The van der Waals surface area contributed by atoms with E-state index >= 15 is 0 Å². The van der Waals surface area contributed by atoms with Crippen molar-refractivity contribution in [3.63, 3.8) is 0 Å². The van der Waals surface area contributed by atoms with E-state index < -0.39 is 11.2 Å². The van der Waals surface area contributed by atoms with Crippen molar-refractivity contribution in [1.82, 2.24) is 19.1 Å². The summed E-state index contributed by atoms with van der Waals surface area (Å²) >= 11 is 1.62. The average molecular weight is 421 g/mol. The molecule has 0 atom stereocenters. The normalized spacial score (nSPS) is 11.3. The highest BCUT2D eigenvalue weighted by Crippen LogP contribution is 2.24. The SMILES string of the molecule is Cc1cccc(Cn2c(SCCCc3ccccc3)nc3c2c(=O)[nH]c(=O)n3C)c1. The highest BCUT2D eigenvalue weighted by atomic mass is 32.2. The van der Waals surface area contributed by atoms with Gasteiger partial charge in [-0.2, -0.15) is 0 Å². The third-order valence-electron chi connectivity index (χ3n) is 5.08. The molecule has 0 aliphatic carbocycles. The summed E-state index contributed by atoms with van der Waals surface area (Å²) in [7, 11) is 1.63. The van der Waals surface area contributed by atoms with Crippen molar-refractivity contribution >= 4 is 22.9 Å². The molecule has 0 spiro atoms. The smallest absolute Gasteiger partial charge is 0.309 e. The minimum atomic E-state index is -0.451. The number of hydrogen-bond acceptors (Lipinski definition) is 4. The number of aryl methyl sites for hydroxylation is 3. The molecule has 4 aromatic rings. The van der Waals surface area contributed by atoms with Gasteiger partial charge in [0.25, 0.3) is 5.56 Å². The fourth-order valence-electron chi connectivity index (χ4n) is 3.55. The quantitative estimate of drug-likeness (QED) is 0.367. The van der Waals surface area contributed by atoms with Gasteiger partial charge in [-0.25, -0.2) is 9.78 Å². The van der Waals surface area contributed by atoms with E-state index in [2.05, 4.69) is 40.3 Å². The standard InChI is InChI=1S/C23H24N4O2S/c1-16-8-6-11-18(14-16)15-27-19-20(26(2)22(29)25-21(19)28)24-23(27)30-13-7-12-17-9-4-3-5-10-17/h3-6,8-11,14H,7,12-13,15H2,1-2H3,(H,25,28,29). The van der Waals surface area contributed by atoms with Crippen LogP contribution in [0.4, 0.5) is 0 Å². The lowest BCUT2D eigenvalue weighted by Gasteiger charge is -2.09. The van der Waals surface area contributed by atoms with Gasteiger partial charge < -0.3 is 4.57 Å². The molecule has 30 heavy (non-hydrogen) atoms. The zero-order chi connectivity index (χ0) is 21.1. The zero-order valence-corrected chi connectivity index (χ0v) is 17.9. The number of aromatic amines is 1. The lowest BCUT2D eigenvalue weighted by molar-refractivity contribution is 0.726. The van der Waals surface area contributed by atoms with E-state index in [1.807, 2.05) is 35.8 Å². The first kappa shape index (κ1) is 20.2. The number of imidazole rings is 1. The number of aromatic nitrogens is 4. The van der Waals surface area contributed by atoms with Gasteiger partial charge in [0.15, 0.2) is 16.3 Å². The monoisotopic (exact) mass is 420 g/mol. The van der Waals surface area contributed by atoms with Crippen LogP contribution in [0.15, 0.2) is 69.3 Å². The molecule has 4 rings (SSSR count). The first-order valence-electron chi connectivity index (χ1n) is 9.95. The summed E-state index contributed by atoms with van der Waals surface area (Å²) in [6, 6.07) is 18.6. The van der Waals surface area contributed by atoms with Crippen molar-refractivity contribution in [2.45, 2.75) is 31.5 Å². The van der Waals surface area contributed by atoms with Gasteiger partial charge in [-0.3, -0.25) is 14.3 Å². The van der Waals surface area contributed by atoms with Gasteiger partial charge in [-0.1, -0.05) is 71.9 Å². The van der Waals surface area contributed by atoms with Crippen LogP contribution in [0.2, 0.25) is 0 Å². The number of nitrogens with zero attached hydrogens (tertiary/aromatic N) is 3. The van der Waals surface area contributed by atoms with E-state index in [9.17, 15) is 9.59 Å². The number of thioether (sulfide) groups is 1. The maximum absolute atomic E-state index is 12.6. The predicted molar refractivity (Wildman–Crippen MR) is 121 cm³/mol. The Bertz CT molecular complexity index is 1290. The minimum Gasteiger partial charge on any atom is -0.309 e. The first-order chi connectivity index (χ1) is 14.5. The molecule has 2 heterocycles. The van der Waals surface area contributed by atoms with Crippen LogP contribution in [-0.2, 0) is 20.0 Å². The Morgan fingerprint density at radius 3 is 2.57 bits per heavy atom. The second-order valence-electron chi connectivity index (χ2n) is 7.40.